The topological polar surface area (TPSA) is 44.4 Å². The van der Waals surface area contributed by atoms with Gasteiger partial charge in [0.05, 0.1) is 12.1 Å². The van der Waals surface area contributed by atoms with Crippen LogP contribution in [0.5, 0.6) is 0 Å². The number of nitrogens with zero attached hydrogens (tertiary/aromatic N) is 1. The van der Waals surface area contributed by atoms with Crippen LogP contribution in [0.3, 0.4) is 0 Å². The SMILES string of the molecule is CN(C)C(CNC(=O)CNc1cccc(C(F)(F)F)c1)Cc1ccccc1. The molecular weight excluding hydrogens is 355 g/mol. The molecule has 27 heavy (non-hydrogen) atoms. The molecule has 0 radical (unpaired) electrons. The van der Waals surface area contributed by atoms with Gasteiger partial charge in [0.2, 0.25) is 5.91 Å². The maximum atomic E-state index is 12.7. The van der Waals surface area contributed by atoms with Gasteiger partial charge in [-0.15, -0.1) is 0 Å². The fourth-order valence-electron chi connectivity index (χ4n) is 2.61. The molecule has 1 unspecified atom stereocenters. The summed E-state index contributed by atoms with van der Waals surface area (Å²) in [7, 11) is 3.89. The maximum absolute atomic E-state index is 12.7. The number of carbonyl (C=O) groups is 1. The second kappa shape index (κ2) is 9.41. The van der Waals surface area contributed by atoms with Gasteiger partial charge in [0, 0.05) is 18.3 Å². The van der Waals surface area contributed by atoms with Crippen molar-refractivity contribution in [1.82, 2.24) is 10.2 Å². The molecule has 0 spiro atoms. The Morgan fingerprint density at radius 2 is 1.78 bits per heavy atom. The summed E-state index contributed by atoms with van der Waals surface area (Å²) in [5, 5.41) is 5.57. The van der Waals surface area contributed by atoms with Crippen LogP contribution in [0.2, 0.25) is 0 Å². The summed E-state index contributed by atoms with van der Waals surface area (Å²) in [5.74, 6) is -0.271. The molecule has 0 aliphatic carbocycles. The minimum absolute atomic E-state index is 0.0905. The van der Waals surface area contributed by atoms with Crippen molar-refractivity contribution in [3.63, 3.8) is 0 Å². The van der Waals surface area contributed by atoms with E-state index in [0.717, 1.165) is 18.6 Å². The van der Waals surface area contributed by atoms with Crippen LogP contribution in [-0.4, -0.2) is 44.0 Å². The van der Waals surface area contributed by atoms with Crippen LogP contribution in [0.1, 0.15) is 11.1 Å². The minimum Gasteiger partial charge on any atom is -0.376 e. The Morgan fingerprint density at radius 3 is 2.41 bits per heavy atom. The third-order valence-corrected chi connectivity index (χ3v) is 4.22. The molecule has 2 aromatic carbocycles. The van der Waals surface area contributed by atoms with E-state index in [1.165, 1.54) is 17.7 Å². The predicted octanol–water partition coefficient (Wildman–Crippen LogP) is 3.41. The van der Waals surface area contributed by atoms with Crippen LogP contribution in [0.15, 0.2) is 54.6 Å². The molecule has 146 valence electrons. The van der Waals surface area contributed by atoms with Crippen molar-refractivity contribution in [2.24, 2.45) is 0 Å². The molecule has 0 aliphatic rings. The summed E-state index contributed by atoms with van der Waals surface area (Å²) < 4.78 is 38.2. The molecular formula is C20H24F3N3O. The number of hydrogen-bond donors (Lipinski definition) is 2. The van der Waals surface area contributed by atoms with Gasteiger partial charge in [0.25, 0.3) is 0 Å². The largest absolute Gasteiger partial charge is 0.416 e. The van der Waals surface area contributed by atoms with Crippen LogP contribution in [-0.2, 0) is 17.4 Å². The summed E-state index contributed by atoms with van der Waals surface area (Å²) >= 11 is 0. The highest BCUT2D eigenvalue weighted by molar-refractivity contribution is 5.80. The molecule has 2 aromatic rings. The molecule has 0 heterocycles. The van der Waals surface area contributed by atoms with E-state index in [-0.39, 0.29) is 24.2 Å². The van der Waals surface area contributed by atoms with E-state index in [0.29, 0.717) is 6.54 Å². The number of hydrogen-bond acceptors (Lipinski definition) is 3. The third kappa shape index (κ3) is 6.94. The molecule has 1 amide bonds. The van der Waals surface area contributed by atoms with E-state index in [1.807, 2.05) is 49.3 Å². The standard InChI is InChI=1S/C20H24F3N3O/c1-26(2)18(11-15-7-4-3-5-8-15)13-25-19(27)14-24-17-10-6-9-16(12-17)20(21,22)23/h3-10,12,18,24H,11,13-14H2,1-2H3,(H,25,27). The van der Waals surface area contributed by atoms with Crippen molar-refractivity contribution in [3.8, 4) is 0 Å². The third-order valence-electron chi connectivity index (χ3n) is 4.22. The molecule has 0 aromatic heterocycles. The number of benzene rings is 2. The second-order valence-electron chi connectivity index (χ2n) is 6.54. The maximum Gasteiger partial charge on any atom is 0.416 e. The van der Waals surface area contributed by atoms with E-state index in [2.05, 4.69) is 10.6 Å². The lowest BCUT2D eigenvalue weighted by Crippen LogP contribution is -2.43. The van der Waals surface area contributed by atoms with E-state index >= 15 is 0 Å². The van der Waals surface area contributed by atoms with Crippen LogP contribution >= 0.6 is 0 Å². The van der Waals surface area contributed by atoms with Gasteiger partial charge < -0.3 is 15.5 Å². The number of likely N-dealkylation sites (N-methyl/N-ethyl adjacent to an activating group) is 1. The Labute approximate surface area is 157 Å². The number of rotatable bonds is 8. The van der Waals surface area contributed by atoms with Gasteiger partial charge in [-0.25, -0.2) is 0 Å². The monoisotopic (exact) mass is 379 g/mol. The summed E-state index contributed by atoms with van der Waals surface area (Å²) in [6, 6.07) is 14.9. The van der Waals surface area contributed by atoms with Gasteiger partial charge in [-0.2, -0.15) is 13.2 Å². The number of alkyl halides is 3. The molecule has 0 saturated carbocycles. The summed E-state index contributed by atoms with van der Waals surface area (Å²) in [6.07, 6.45) is -3.62. The van der Waals surface area contributed by atoms with Gasteiger partial charge in [0.1, 0.15) is 0 Å². The van der Waals surface area contributed by atoms with Crippen molar-refractivity contribution in [2.75, 3.05) is 32.5 Å². The molecule has 1 atom stereocenters. The summed E-state index contributed by atoms with van der Waals surface area (Å²) in [5.41, 5.74) is 0.685. The number of amides is 1. The summed E-state index contributed by atoms with van der Waals surface area (Å²) in [4.78, 5) is 14.1. The molecule has 2 rings (SSSR count). The first-order valence-corrected chi connectivity index (χ1v) is 8.64. The lowest BCUT2D eigenvalue weighted by molar-refractivity contribution is -0.137. The first-order valence-electron chi connectivity index (χ1n) is 8.64. The highest BCUT2D eigenvalue weighted by atomic mass is 19.4. The molecule has 7 heteroatoms. The normalized spacial score (nSPS) is 12.7. The first-order chi connectivity index (χ1) is 12.8. The van der Waals surface area contributed by atoms with Crippen molar-refractivity contribution >= 4 is 11.6 Å². The quantitative estimate of drug-likeness (QED) is 0.739. The molecule has 0 saturated heterocycles. The van der Waals surface area contributed by atoms with Gasteiger partial charge in [0.15, 0.2) is 0 Å². The number of anilines is 1. The Bertz CT molecular complexity index is 733. The Hall–Kier alpha value is -2.54. The van der Waals surface area contributed by atoms with Crippen LogP contribution in [0.4, 0.5) is 18.9 Å². The fourth-order valence-corrected chi connectivity index (χ4v) is 2.61. The molecule has 4 nitrogen and oxygen atoms in total. The smallest absolute Gasteiger partial charge is 0.376 e. The summed E-state index contributed by atoms with van der Waals surface area (Å²) in [6.45, 7) is 0.359. The van der Waals surface area contributed by atoms with E-state index < -0.39 is 11.7 Å². The second-order valence-corrected chi connectivity index (χ2v) is 6.54. The Kier molecular flexibility index (Phi) is 7.24. The van der Waals surface area contributed by atoms with Crippen molar-refractivity contribution < 1.29 is 18.0 Å². The van der Waals surface area contributed by atoms with E-state index in [9.17, 15) is 18.0 Å². The van der Waals surface area contributed by atoms with Gasteiger partial charge in [-0.3, -0.25) is 4.79 Å². The highest BCUT2D eigenvalue weighted by Gasteiger charge is 2.30. The van der Waals surface area contributed by atoms with E-state index in [4.69, 9.17) is 0 Å². The predicted molar refractivity (Wildman–Crippen MR) is 101 cm³/mol. The molecule has 0 bridgehead atoms. The average Bonchev–Trinajstić information content (AvgIpc) is 2.63. The number of nitrogens with one attached hydrogen (secondary N) is 2. The van der Waals surface area contributed by atoms with Crippen molar-refractivity contribution in [1.29, 1.82) is 0 Å². The minimum atomic E-state index is -4.41. The molecule has 2 N–H and O–H groups in total. The molecule has 0 aliphatic heterocycles. The number of carbonyl (C=O) groups excluding carboxylic acids is 1. The molecule has 0 fully saturated rings. The first kappa shape index (κ1) is 20.8. The number of halogens is 3. The Morgan fingerprint density at radius 1 is 1.07 bits per heavy atom. The van der Waals surface area contributed by atoms with Gasteiger partial charge in [-0.05, 0) is 44.3 Å². The van der Waals surface area contributed by atoms with E-state index in [1.54, 1.807) is 0 Å². The van der Waals surface area contributed by atoms with Gasteiger partial charge >= 0.3 is 6.18 Å². The zero-order valence-electron chi connectivity index (χ0n) is 15.4. The zero-order valence-corrected chi connectivity index (χ0v) is 15.4. The Balaban J connectivity index is 1.84. The highest BCUT2D eigenvalue weighted by Crippen LogP contribution is 2.30. The zero-order chi connectivity index (χ0) is 19.9. The van der Waals surface area contributed by atoms with Crippen LogP contribution < -0.4 is 10.6 Å². The average molecular weight is 379 g/mol. The van der Waals surface area contributed by atoms with Crippen LogP contribution in [0.25, 0.3) is 0 Å². The fraction of sp³-hybridized carbons (Fsp3) is 0.350. The van der Waals surface area contributed by atoms with Gasteiger partial charge in [-0.1, -0.05) is 36.4 Å². The van der Waals surface area contributed by atoms with Crippen molar-refractivity contribution in [2.45, 2.75) is 18.6 Å². The van der Waals surface area contributed by atoms with Crippen LogP contribution in [0, 0.1) is 0 Å². The lowest BCUT2D eigenvalue weighted by atomic mass is 10.1. The van der Waals surface area contributed by atoms with Crippen molar-refractivity contribution in [3.05, 3.63) is 65.7 Å². The lowest BCUT2D eigenvalue weighted by Gasteiger charge is -2.25.